The second-order valence-electron chi connectivity index (χ2n) is 5.09. The minimum atomic E-state index is -3.22. The van der Waals surface area contributed by atoms with E-state index in [-0.39, 0.29) is 13.1 Å². The number of nitrogens with one attached hydrogen (secondary N) is 2. The molecule has 0 bridgehead atoms. The Morgan fingerprint density at radius 3 is 1.73 bits per heavy atom. The molecule has 0 saturated carbocycles. The van der Waals surface area contributed by atoms with Gasteiger partial charge in [0.15, 0.2) is 0 Å². The average molecular weight is 349 g/mol. The third-order valence-electron chi connectivity index (χ3n) is 2.83. The van der Waals surface area contributed by atoms with E-state index in [0.717, 1.165) is 18.1 Å². The monoisotopic (exact) mass is 349 g/mol. The van der Waals surface area contributed by atoms with Crippen LogP contribution in [0, 0.1) is 0 Å². The summed E-state index contributed by atoms with van der Waals surface area (Å²) in [6.45, 7) is 2.17. The molecule has 0 aliphatic heterocycles. The Kier molecular flexibility index (Phi) is 7.43. The van der Waals surface area contributed by atoms with E-state index in [1.54, 1.807) is 0 Å². The molecule has 1 rings (SSSR count). The fraction of sp³-hybridized carbons (Fsp3) is 0.538. The van der Waals surface area contributed by atoms with Crippen LogP contribution in [0.5, 0.6) is 0 Å². The molecule has 0 spiro atoms. The Labute approximate surface area is 132 Å². The van der Waals surface area contributed by atoms with Crippen LogP contribution in [0.15, 0.2) is 30.3 Å². The summed E-state index contributed by atoms with van der Waals surface area (Å²) in [5.41, 5.74) is 1.08. The van der Waals surface area contributed by atoms with Crippen molar-refractivity contribution in [2.24, 2.45) is 0 Å². The molecule has 126 valence electrons. The first kappa shape index (κ1) is 19.0. The van der Waals surface area contributed by atoms with Gasteiger partial charge in [-0.25, -0.2) is 26.3 Å². The van der Waals surface area contributed by atoms with Crippen LogP contribution in [0.4, 0.5) is 0 Å². The largest absolute Gasteiger partial charge is 0.296 e. The number of nitrogens with zero attached hydrogens (tertiary/aromatic N) is 1. The lowest BCUT2D eigenvalue weighted by molar-refractivity contribution is 0.274. The van der Waals surface area contributed by atoms with Gasteiger partial charge in [0.1, 0.15) is 0 Å². The SMILES string of the molecule is CS(=O)(=O)NCCN(CCNS(C)(=O)=O)Cc1ccccc1. The van der Waals surface area contributed by atoms with Gasteiger partial charge in [0, 0.05) is 32.7 Å². The fourth-order valence-corrected chi connectivity index (χ4v) is 2.81. The van der Waals surface area contributed by atoms with E-state index >= 15 is 0 Å². The van der Waals surface area contributed by atoms with Crippen molar-refractivity contribution in [1.82, 2.24) is 14.3 Å². The molecule has 0 amide bonds. The Morgan fingerprint density at radius 2 is 1.32 bits per heavy atom. The van der Waals surface area contributed by atoms with Gasteiger partial charge in [-0.2, -0.15) is 0 Å². The highest BCUT2D eigenvalue weighted by atomic mass is 32.2. The normalized spacial score (nSPS) is 12.7. The minimum Gasteiger partial charge on any atom is -0.296 e. The van der Waals surface area contributed by atoms with Crippen molar-refractivity contribution >= 4 is 20.0 Å². The molecule has 0 aromatic heterocycles. The zero-order valence-electron chi connectivity index (χ0n) is 12.8. The quantitative estimate of drug-likeness (QED) is 0.599. The number of benzene rings is 1. The number of hydrogen-bond donors (Lipinski definition) is 2. The second kappa shape index (κ2) is 8.59. The van der Waals surface area contributed by atoms with Crippen LogP contribution in [0.2, 0.25) is 0 Å². The zero-order chi connectivity index (χ0) is 16.6. The van der Waals surface area contributed by atoms with Crippen molar-refractivity contribution < 1.29 is 16.8 Å². The predicted molar refractivity (Wildman–Crippen MR) is 87.4 cm³/mol. The topological polar surface area (TPSA) is 95.6 Å². The molecule has 1 aromatic carbocycles. The molecule has 2 N–H and O–H groups in total. The Bertz CT molecular complexity index is 607. The van der Waals surface area contributed by atoms with Crippen molar-refractivity contribution in [2.45, 2.75) is 6.54 Å². The van der Waals surface area contributed by atoms with Crippen LogP contribution in [0.3, 0.4) is 0 Å². The first-order valence-electron chi connectivity index (χ1n) is 6.81. The van der Waals surface area contributed by atoms with Crippen molar-refractivity contribution in [3.63, 3.8) is 0 Å². The minimum absolute atomic E-state index is 0.282. The summed E-state index contributed by atoms with van der Waals surface area (Å²) in [4.78, 5) is 1.99. The van der Waals surface area contributed by atoms with Crippen LogP contribution >= 0.6 is 0 Å². The lowest BCUT2D eigenvalue weighted by Gasteiger charge is -2.22. The van der Waals surface area contributed by atoms with E-state index in [4.69, 9.17) is 0 Å². The maximum atomic E-state index is 11.1. The molecule has 0 atom stereocenters. The zero-order valence-corrected chi connectivity index (χ0v) is 14.5. The molecule has 0 saturated heterocycles. The summed E-state index contributed by atoms with van der Waals surface area (Å²) >= 11 is 0. The van der Waals surface area contributed by atoms with Gasteiger partial charge >= 0.3 is 0 Å². The van der Waals surface area contributed by atoms with Crippen molar-refractivity contribution in [2.75, 3.05) is 38.7 Å². The van der Waals surface area contributed by atoms with Crippen LogP contribution in [0.25, 0.3) is 0 Å². The summed E-state index contributed by atoms with van der Waals surface area (Å²) < 4.78 is 49.3. The highest BCUT2D eigenvalue weighted by molar-refractivity contribution is 7.89. The molecule has 0 aliphatic rings. The number of rotatable bonds is 10. The van der Waals surface area contributed by atoms with Crippen molar-refractivity contribution in [1.29, 1.82) is 0 Å². The summed E-state index contributed by atoms with van der Waals surface area (Å²) in [5, 5.41) is 0. The fourth-order valence-electron chi connectivity index (χ4n) is 1.89. The van der Waals surface area contributed by atoms with E-state index in [9.17, 15) is 16.8 Å². The predicted octanol–water partition coefficient (Wildman–Crippen LogP) is -0.413. The van der Waals surface area contributed by atoms with E-state index in [0.29, 0.717) is 19.6 Å². The maximum Gasteiger partial charge on any atom is 0.208 e. The third-order valence-corrected chi connectivity index (χ3v) is 4.29. The molecular weight excluding hydrogens is 326 g/mol. The van der Waals surface area contributed by atoms with Crippen molar-refractivity contribution in [3.8, 4) is 0 Å². The van der Waals surface area contributed by atoms with E-state index in [1.165, 1.54) is 0 Å². The molecule has 0 aliphatic carbocycles. The van der Waals surface area contributed by atoms with E-state index < -0.39 is 20.0 Å². The highest BCUT2D eigenvalue weighted by Gasteiger charge is 2.09. The van der Waals surface area contributed by atoms with Gasteiger partial charge in [-0.15, -0.1) is 0 Å². The van der Waals surface area contributed by atoms with Gasteiger partial charge < -0.3 is 0 Å². The maximum absolute atomic E-state index is 11.1. The molecule has 7 nitrogen and oxygen atoms in total. The molecule has 1 aromatic rings. The summed E-state index contributed by atoms with van der Waals surface area (Å²) in [6, 6.07) is 9.72. The molecule has 22 heavy (non-hydrogen) atoms. The van der Waals surface area contributed by atoms with Gasteiger partial charge in [-0.05, 0) is 5.56 Å². The van der Waals surface area contributed by atoms with Crippen LogP contribution < -0.4 is 9.44 Å². The molecule has 9 heteroatoms. The average Bonchev–Trinajstić information content (AvgIpc) is 2.36. The van der Waals surface area contributed by atoms with Crippen molar-refractivity contribution in [3.05, 3.63) is 35.9 Å². The van der Waals surface area contributed by atoms with Crippen LogP contribution in [-0.4, -0.2) is 60.4 Å². The van der Waals surface area contributed by atoms with Gasteiger partial charge in [-0.3, -0.25) is 4.90 Å². The summed E-state index contributed by atoms with van der Waals surface area (Å²) in [6.07, 6.45) is 2.22. The molecule has 0 heterocycles. The van der Waals surface area contributed by atoms with Crippen LogP contribution in [0.1, 0.15) is 5.56 Å². The lowest BCUT2D eigenvalue weighted by Crippen LogP contribution is -2.38. The molecule has 0 unspecified atom stereocenters. The van der Waals surface area contributed by atoms with Crippen LogP contribution in [-0.2, 0) is 26.6 Å². The molecular formula is C13H23N3O4S2. The second-order valence-corrected chi connectivity index (χ2v) is 8.76. The van der Waals surface area contributed by atoms with E-state index in [2.05, 4.69) is 9.44 Å². The number of sulfonamides is 2. The highest BCUT2D eigenvalue weighted by Crippen LogP contribution is 2.03. The first-order chi connectivity index (χ1) is 10.2. The Morgan fingerprint density at radius 1 is 0.864 bits per heavy atom. The molecule has 0 fully saturated rings. The summed E-state index contributed by atoms with van der Waals surface area (Å²) in [7, 11) is -6.45. The smallest absolute Gasteiger partial charge is 0.208 e. The number of hydrogen-bond acceptors (Lipinski definition) is 5. The first-order valence-corrected chi connectivity index (χ1v) is 10.6. The lowest BCUT2D eigenvalue weighted by atomic mass is 10.2. The third kappa shape index (κ3) is 9.85. The van der Waals surface area contributed by atoms with Gasteiger partial charge in [0.05, 0.1) is 12.5 Å². The van der Waals surface area contributed by atoms with Gasteiger partial charge in [0.2, 0.25) is 20.0 Å². The summed E-state index contributed by atoms with van der Waals surface area (Å²) in [5.74, 6) is 0. The van der Waals surface area contributed by atoms with Gasteiger partial charge in [0.25, 0.3) is 0 Å². The van der Waals surface area contributed by atoms with Gasteiger partial charge in [-0.1, -0.05) is 30.3 Å². The van der Waals surface area contributed by atoms with E-state index in [1.807, 2.05) is 35.2 Å². The Balaban J connectivity index is 2.55. The Hall–Kier alpha value is -1.00. The molecule has 0 radical (unpaired) electrons. The standard InChI is InChI=1S/C13H23N3O4S2/c1-21(17,18)14-8-10-16(11-9-15-22(2,19)20)12-13-6-4-3-5-7-13/h3-7,14-15H,8-12H2,1-2H3.